The molecule has 0 bridgehead atoms. The van der Waals surface area contributed by atoms with Crippen molar-refractivity contribution in [3.05, 3.63) is 69.7 Å². The number of nitrogens with one attached hydrogen (secondary N) is 1. The molecule has 1 aliphatic carbocycles. The number of hydrogen-bond donors (Lipinski definition) is 1. The molecule has 2 aromatic carbocycles. The Bertz CT molecular complexity index is 1500. The molecule has 3 aromatic rings. The van der Waals surface area contributed by atoms with E-state index in [9.17, 15) is 27.7 Å². The van der Waals surface area contributed by atoms with Crippen LogP contribution in [-0.4, -0.2) is 53.1 Å². The second-order valence-corrected chi connectivity index (χ2v) is 10.7. The van der Waals surface area contributed by atoms with Gasteiger partial charge in [-0.25, -0.2) is 17.5 Å². The van der Waals surface area contributed by atoms with Crippen LogP contribution in [0.4, 0.5) is 10.1 Å². The molecule has 13 heteroatoms. The number of nitro groups is 1. The predicted molar refractivity (Wildman–Crippen MR) is 130 cm³/mol. The van der Waals surface area contributed by atoms with Gasteiger partial charge in [0.1, 0.15) is 16.5 Å². The van der Waals surface area contributed by atoms with Crippen LogP contribution < -0.4 is 9.46 Å². The number of carbonyl (C=O) groups is 1. The molecule has 1 aromatic heterocycles. The fraction of sp³-hybridized carbons (Fsp3) is 0.333. The number of halogens is 1. The van der Waals surface area contributed by atoms with Gasteiger partial charge in [-0.15, -0.1) is 0 Å². The molecule has 0 atom stereocenters. The SMILES string of the molecule is Cc1c(C(=O)N2CCCC2)nn(-c2cccc(F)c2)c1Oc1ccc([N+](=O)[O-])cc1S(=O)(=O)NC1CC1. The van der Waals surface area contributed by atoms with E-state index in [1.54, 1.807) is 17.9 Å². The number of nitro benzene ring substituents is 1. The summed E-state index contributed by atoms with van der Waals surface area (Å²) in [6, 6.07) is 8.47. The number of benzene rings is 2. The second kappa shape index (κ2) is 9.56. The van der Waals surface area contributed by atoms with Gasteiger partial charge in [-0.1, -0.05) is 6.07 Å². The number of amides is 1. The van der Waals surface area contributed by atoms with Gasteiger partial charge in [-0.05, 0) is 56.9 Å². The first kappa shape index (κ1) is 24.8. The van der Waals surface area contributed by atoms with Gasteiger partial charge in [0.25, 0.3) is 11.6 Å². The Morgan fingerprint density at radius 2 is 1.92 bits per heavy atom. The Balaban J connectivity index is 1.63. The summed E-state index contributed by atoms with van der Waals surface area (Å²) in [6.07, 6.45) is 3.07. The number of carbonyl (C=O) groups excluding carboxylic acids is 1. The molecular weight excluding hydrogens is 505 g/mol. The third-order valence-electron chi connectivity index (χ3n) is 6.25. The fourth-order valence-corrected chi connectivity index (χ4v) is 5.60. The van der Waals surface area contributed by atoms with Crippen LogP contribution in [0.15, 0.2) is 47.4 Å². The number of likely N-dealkylation sites (tertiary alicyclic amines) is 1. The standard InChI is InChI=1S/C24H24FN5O6S/c1-15-22(23(31)28-11-2-3-12-28)26-29(18-6-4-5-16(25)13-18)24(15)36-20-10-9-19(30(32)33)14-21(20)37(34,35)27-17-7-8-17/h4-6,9-10,13-14,17,27H,2-3,7-8,11-12H2,1H3. The summed E-state index contributed by atoms with van der Waals surface area (Å²) in [5, 5.41) is 15.8. The summed E-state index contributed by atoms with van der Waals surface area (Å²) in [5.74, 6) is -1.07. The Morgan fingerprint density at radius 1 is 1.19 bits per heavy atom. The average molecular weight is 530 g/mol. The van der Waals surface area contributed by atoms with Crippen LogP contribution in [0.1, 0.15) is 41.7 Å². The molecule has 5 rings (SSSR count). The van der Waals surface area contributed by atoms with Crippen LogP contribution >= 0.6 is 0 Å². The van der Waals surface area contributed by atoms with Crippen molar-refractivity contribution in [2.75, 3.05) is 13.1 Å². The minimum absolute atomic E-state index is 0.00938. The Hall–Kier alpha value is -3.84. The van der Waals surface area contributed by atoms with E-state index in [0.717, 1.165) is 25.0 Å². The van der Waals surface area contributed by atoms with Crippen LogP contribution in [0.3, 0.4) is 0 Å². The zero-order valence-corrected chi connectivity index (χ0v) is 20.7. The van der Waals surface area contributed by atoms with Gasteiger partial charge in [-0.2, -0.15) is 9.78 Å². The number of hydrogen-bond acceptors (Lipinski definition) is 7. The van der Waals surface area contributed by atoms with Gasteiger partial charge in [0.2, 0.25) is 15.9 Å². The molecule has 2 heterocycles. The van der Waals surface area contributed by atoms with Crippen LogP contribution in [0.5, 0.6) is 11.6 Å². The highest BCUT2D eigenvalue weighted by molar-refractivity contribution is 7.89. The molecule has 1 amide bonds. The normalized spacial score (nSPS) is 15.7. The van der Waals surface area contributed by atoms with Gasteiger partial charge < -0.3 is 9.64 Å². The molecule has 2 fully saturated rings. The van der Waals surface area contributed by atoms with E-state index in [-0.39, 0.29) is 35.0 Å². The molecule has 37 heavy (non-hydrogen) atoms. The molecule has 0 radical (unpaired) electrons. The molecule has 0 spiro atoms. The maximum atomic E-state index is 14.1. The molecule has 1 aliphatic heterocycles. The van der Waals surface area contributed by atoms with Crippen LogP contribution in [0, 0.1) is 22.9 Å². The van der Waals surface area contributed by atoms with Gasteiger partial charge in [0.15, 0.2) is 5.69 Å². The molecule has 11 nitrogen and oxygen atoms in total. The lowest BCUT2D eigenvalue weighted by Gasteiger charge is -2.14. The monoisotopic (exact) mass is 529 g/mol. The lowest BCUT2D eigenvalue weighted by Crippen LogP contribution is -2.28. The van der Waals surface area contributed by atoms with Crippen molar-refractivity contribution < 1.29 is 27.3 Å². The molecule has 2 aliphatic rings. The van der Waals surface area contributed by atoms with Crippen LogP contribution in [-0.2, 0) is 10.0 Å². The number of rotatable bonds is 8. The predicted octanol–water partition coefficient (Wildman–Crippen LogP) is 3.70. The first-order valence-corrected chi connectivity index (χ1v) is 13.3. The van der Waals surface area contributed by atoms with E-state index < -0.39 is 31.3 Å². The van der Waals surface area contributed by atoms with Crippen molar-refractivity contribution in [1.82, 2.24) is 19.4 Å². The maximum absolute atomic E-state index is 14.1. The smallest absolute Gasteiger partial charge is 0.274 e. The third-order valence-corrected chi connectivity index (χ3v) is 7.79. The number of sulfonamides is 1. The fourth-order valence-electron chi connectivity index (χ4n) is 4.15. The molecule has 1 N–H and O–H groups in total. The van der Waals surface area contributed by atoms with Crippen molar-refractivity contribution in [2.24, 2.45) is 0 Å². The van der Waals surface area contributed by atoms with E-state index >= 15 is 0 Å². The maximum Gasteiger partial charge on any atom is 0.274 e. The molecule has 1 saturated heterocycles. The Kier molecular flexibility index (Phi) is 6.42. The summed E-state index contributed by atoms with van der Waals surface area (Å²) in [5.41, 5.74) is 0.228. The van der Waals surface area contributed by atoms with Gasteiger partial charge in [0, 0.05) is 36.8 Å². The number of aromatic nitrogens is 2. The quantitative estimate of drug-likeness (QED) is 0.347. The van der Waals surface area contributed by atoms with Gasteiger partial charge in [-0.3, -0.25) is 14.9 Å². The van der Waals surface area contributed by atoms with Gasteiger partial charge >= 0.3 is 0 Å². The zero-order chi connectivity index (χ0) is 26.3. The van der Waals surface area contributed by atoms with Crippen molar-refractivity contribution in [3.8, 4) is 17.3 Å². The zero-order valence-electron chi connectivity index (χ0n) is 19.9. The third kappa shape index (κ3) is 5.04. The summed E-state index contributed by atoms with van der Waals surface area (Å²) in [4.78, 5) is 25.1. The largest absolute Gasteiger partial charge is 0.437 e. The number of non-ortho nitro benzene ring substituents is 1. The Labute approximate surface area is 212 Å². The number of ether oxygens (including phenoxy) is 1. The molecular formula is C24H24FN5O6S. The number of nitrogens with zero attached hydrogens (tertiary/aromatic N) is 4. The Morgan fingerprint density at radius 3 is 2.57 bits per heavy atom. The summed E-state index contributed by atoms with van der Waals surface area (Å²) in [6.45, 7) is 2.77. The molecule has 194 valence electrons. The first-order chi connectivity index (χ1) is 17.6. The summed E-state index contributed by atoms with van der Waals surface area (Å²) in [7, 11) is -4.17. The highest BCUT2D eigenvalue weighted by Crippen LogP contribution is 2.37. The lowest BCUT2D eigenvalue weighted by atomic mass is 10.2. The lowest BCUT2D eigenvalue weighted by molar-refractivity contribution is -0.385. The minimum atomic E-state index is -4.17. The van der Waals surface area contributed by atoms with Crippen LogP contribution in [0.25, 0.3) is 5.69 Å². The van der Waals surface area contributed by atoms with Crippen molar-refractivity contribution >= 4 is 21.6 Å². The van der Waals surface area contributed by atoms with Gasteiger partial charge in [0.05, 0.1) is 10.6 Å². The van der Waals surface area contributed by atoms with Crippen molar-refractivity contribution in [2.45, 2.75) is 43.5 Å². The highest BCUT2D eigenvalue weighted by atomic mass is 32.2. The molecule has 1 saturated carbocycles. The van der Waals surface area contributed by atoms with E-state index in [4.69, 9.17) is 4.74 Å². The highest BCUT2D eigenvalue weighted by Gasteiger charge is 2.33. The van der Waals surface area contributed by atoms with Crippen molar-refractivity contribution in [3.63, 3.8) is 0 Å². The van der Waals surface area contributed by atoms with Crippen LogP contribution in [0.2, 0.25) is 0 Å². The molecule has 0 unspecified atom stereocenters. The van der Waals surface area contributed by atoms with Crippen molar-refractivity contribution in [1.29, 1.82) is 0 Å². The topological polar surface area (TPSA) is 137 Å². The van der Waals surface area contributed by atoms with E-state index in [0.29, 0.717) is 31.5 Å². The minimum Gasteiger partial charge on any atom is -0.437 e. The second-order valence-electron chi connectivity index (χ2n) is 9.06. The summed E-state index contributed by atoms with van der Waals surface area (Å²) >= 11 is 0. The first-order valence-electron chi connectivity index (χ1n) is 11.8. The van der Waals surface area contributed by atoms with E-state index in [2.05, 4.69) is 9.82 Å². The average Bonchev–Trinajstić information content (AvgIpc) is 3.36. The summed E-state index contributed by atoms with van der Waals surface area (Å²) < 4.78 is 50.1. The van der Waals surface area contributed by atoms with E-state index in [1.807, 2.05) is 0 Å². The van der Waals surface area contributed by atoms with E-state index in [1.165, 1.54) is 28.9 Å².